The largest absolute Gasteiger partial charge is 0.478 e. The van der Waals surface area contributed by atoms with E-state index in [0.29, 0.717) is 12.1 Å². The van der Waals surface area contributed by atoms with E-state index in [1.165, 1.54) is 23.1 Å². The minimum atomic E-state index is -1.03. The van der Waals surface area contributed by atoms with Gasteiger partial charge in [-0.1, -0.05) is 6.07 Å². The summed E-state index contributed by atoms with van der Waals surface area (Å²) in [5.74, 6) is -1.40. The number of carboxylic acid groups (broad SMARTS) is 1. The first-order chi connectivity index (χ1) is 9.56. The van der Waals surface area contributed by atoms with E-state index < -0.39 is 5.97 Å². The highest BCUT2D eigenvalue weighted by atomic mass is 32.1. The predicted molar refractivity (Wildman–Crippen MR) is 77.7 cm³/mol. The number of carboxylic acids is 1. The van der Waals surface area contributed by atoms with Gasteiger partial charge in [0, 0.05) is 23.5 Å². The molecule has 0 saturated carbocycles. The van der Waals surface area contributed by atoms with Gasteiger partial charge in [0.1, 0.15) is 5.82 Å². The van der Waals surface area contributed by atoms with Gasteiger partial charge in [0.25, 0.3) is 0 Å². The molecule has 1 aromatic heterocycles. The van der Waals surface area contributed by atoms with Gasteiger partial charge in [-0.2, -0.15) is 0 Å². The molecule has 0 radical (unpaired) electrons. The quantitative estimate of drug-likeness (QED) is 0.888. The maximum absolute atomic E-state index is 13.7. The summed E-state index contributed by atoms with van der Waals surface area (Å²) in [6, 6.07) is 7.98. The van der Waals surface area contributed by atoms with Crippen LogP contribution in [0, 0.1) is 5.82 Å². The highest BCUT2D eigenvalue weighted by Gasteiger charge is 2.10. The van der Waals surface area contributed by atoms with Gasteiger partial charge in [0.15, 0.2) is 0 Å². The van der Waals surface area contributed by atoms with Crippen molar-refractivity contribution in [2.24, 2.45) is 0 Å². The Morgan fingerprint density at radius 1 is 1.40 bits per heavy atom. The molecule has 0 aliphatic rings. The molecule has 0 aliphatic heterocycles. The summed E-state index contributed by atoms with van der Waals surface area (Å²) in [7, 11) is 1.90. The zero-order valence-corrected chi connectivity index (χ0v) is 12.0. The third-order valence-corrected chi connectivity index (χ3v) is 3.99. The van der Waals surface area contributed by atoms with Crippen LogP contribution in [0.1, 0.15) is 20.8 Å². The molecular formula is C15H16FNO2S. The lowest BCUT2D eigenvalue weighted by Crippen LogP contribution is -2.21. The van der Waals surface area contributed by atoms with E-state index in [1.807, 2.05) is 23.4 Å². The second kappa shape index (κ2) is 6.63. The van der Waals surface area contributed by atoms with E-state index in [2.05, 4.69) is 6.07 Å². The maximum Gasteiger partial charge on any atom is 0.335 e. The Morgan fingerprint density at radius 2 is 2.20 bits per heavy atom. The van der Waals surface area contributed by atoms with Gasteiger partial charge >= 0.3 is 5.97 Å². The van der Waals surface area contributed by atoms with Crippen molar-refractivity contribution < 1.29 is 14.3 Å². The van der Waals surface area contributed by atoms with Gasteiger partial charge in [-0.05, 0) is 43.1 Å². The summed E-state index contributed by atoms with van der Waals surface area (Å²) in [4.78, 5) is 14.2. The van der Waals surface area contributed by atoms with Crippen molar-refractivity contribution in [3.63, 3.8) is 0 Å². The van der Waals surface area contributed by atoms with E-state index in [-0.39, 0.29) is 11.4 Å². The minimum absolute atomic E-state index is 0.119. The first-order valence-electron chi connectivity index (χ1n) is 6.29. The minimum Gasteiger partial charge on any atom is -0.478 e. The van der Waals surface area contributed by atoms with Crippen LogP contribution in [0.4, 0.5) is 4.39 Å². The van der Waals surface area contributed by atoms with E-state index in [0.717, 1.165) is 13.0 Å². The van der Waals surface area contributed by atoms with Gasteiger partial charge < -0.3 is 10.0 Å². The first-order valence-corrected chi connectivity index (χ1v) is 7.17. The molecule has 106 valence electrons. The third-order valence-electron chi connectivity index (χ3n) is 3.05. The van der Waals surface area contributed by atoms with Crippen molar-refractivity contribution >= 4 is 17.3 Å². The number of rotatable bonds is 6. The van der Waals surface area contributed by atoms with Crippen molar-refractivity contribution in [1.29, 1.82) is 0 Å². The monoisotopic (exact) mass is 293 g/mol. The number of hydrogen-bond acceptors (Lipinski definition) is 3. The maximum atomic E-state index is 13.7. The van der Waals surface area contributed by atoms with Gasteiger partial charge in [0.05, 0.1) is 5.56 Å². The van der Waals surface area contributed by atoms with Crippen LogP contribution in [0.3, 0.4) is 0 Å². The molecule has 5 heteroatoms. The Balaban J connectivity index is 1.98. The average Bonchev–Trinajstić information content (AvgIpc) is 2.92. The zero-order chi connectivity index (χ0) is 14.5. The van der Waals surface area contributed by atoms with Crippen LogP contribution in [0.25, 0.3) is 0 Å². The van der Waals surface area contributed by atoms with Crippen LogP contribution in [0.2, 0.25) is 0 Å². The second-order valence-corrected chi connectivity index (χ2v) is 5.71. The summed E-state index contributed by atoms with van der Waals surface area (Å²) >= 11 is 1.70. The average molecular weight is 293 g/mol. The Kier molecular flexibility index (Phi) is 4.87. The van der Waals surface area contributed by atoms with E-state index >= 15 is 0 Å². The Morgan fingerprint density at radius 3 is 2.85 bits per heavy atom. The fourth-order valence-electron chi connectivity index (χ4n) is 1.95. The van der Waals surface area contributed by atoms with Crippen LogP contribution in [-0.2, 0) is 13.0 Å². The van der Waals surface area contributed by atoms with Gasteiger partial charge in [-0.15, -0.1) is 11.3 Å². The number of carbonyl (C=O) groups is 1. The van der Waals surface area contributed by atoms with Crippen LogP contribution in [0.5, 0.6) is 0 Å². The molecule has 0 atom stereocenters. The number of aromatic carboxylic acids is 1. The smallest absolute Gasteiger partial charge is 0.335 e. The number of thiophene rings is 1. The lowest BCUT2D eigenvalue weighted by atomic mass is 10.1. The number of nitrogens with zero attached hydrogens (tertiary/aromatic N) is 1. The Hall–Kier alpha value is -1.72. The molecule has 1 aromatic carbocycles. The molecule has 0 spiro atoms. The molecule has 2 aromatic rings. The SMILES string of the molecule is CN(CCc1cccs1)Cc1cc(C(=O)O)ccc1F. The van der Waals surface area contributed by atoms with Crippen LogP contribution in [0.15, 0.2) is 35.7 Å². The molecule has 0 aliphatic carbocycles. The topological polar surface area (TPSA) is 40.5 Å². The predicted octanol–water partition coefficient (Wildman–Crippen LogP) is 3.26. The standard InChI is InChI=1S/C15H16FNO2S/c1-17(7-6-13-3-2-8-20-13)10-12-9-11(15(18)19)4-5-14(12)16/h2-5,8-9H,6-7,10H2,1H3,(H,18,19). The normalized spacial score (nSPS) is 10.9. The van der Waals surface area contributed by atoms with Gasteiger partial charge in [-0.3, -0.25) is 0 Å². The molecule has 0 saturated heterocycles. The molecule has 0 bridgehead atoms. The molecule has 1 heterocycles. The summed E-state index contributed by atoms with van der Waals surface area (Å²) in [6.07, 6.45) is 0.911. The van der Waals surface area contributed by atoms with E-state index in [1.54, 1.807) is 11.3 Å². The van der Waals surface area contributed by atoms with Crippen LogP contribution in [-0.4, -0.2) is 29.6 Å². The fourth-order valence-corrected chi connectivity index (χ4v) is 2.65. The summed E-state index contributed by atoms with van der Waals surface area (Å²) < 4.78 is 13.7. The van der Waals surface area contributed by atoms with Crippen molar-refractivity contribution in [2.75, 3.05) is 13.6 Å². The fraction of sp³-hybridized carbons (Fsp3) is 0.267. The third kappa shape index (κ3) is 3.88. The van der Waals surface area contributed by atoms with Gasteiger partial charge in [-0.25, -0.2) is 9.18 Å². The molecule has 20 heavy (non-hydrogen) atoms. The van der Waals surface area contributed by atoms with Crippen molar-refractivity contribution in [2.45, 2.75) is 13.0 Å². The number of hydrogen-bond donors (Lipinski definition) is 1. The lowest BCUT2D eigenvalue weighted by molar-refractivity contribution is 0.0696. The Labute approximate surface area is 121 Å². The highest BCUT2D eigenvalue weighted by molar-refractivity contribution is 7.09. The summed E-state index contributed by atoms with van der Waals surface area (Å²) in [6.45, 7) is 1.20. The molecular weight excluding hydrogens is 277 g/mol. The van der Waals surface area contributed by atoms with Crippen LogP contribution < -0.4 is 0 Å². The van der Waals surface area contributed by atoms with E-state index in [4.69, 9.17) is 5.11 Å². The number of benzene rings is 1. The molecule has 3 nitrogen and oxygen atoms in total. The summed E-state index contributed by atoms with van der Waals surface area (Å²) in [5.41, 5.74) is 0.534. The number of halogens is 1. The van der Waals surface area contributed by atoms with E-state index in [9.17, 15) is 9.18 Å². The van der Waals surface area contributed by atoms with Crippen LogP contribution >= 0.6 is 11.3 Å². The number of likely N-dealkylation sites (N-methyl/N-ethyl adjacent to an activating group) is 1. The zero-order valence-electron chi connectivity index (χ0n) is 11.2. The Bertz CT molecular complexity index is 584. The van der Waals surface area contributed by atoms with Gasteiger partial charge in [0.2, 0.25) is 0 Å². The lowest BCUT2D eigenvalue weighted by Gasteiger charge is -2.17. The molecule has 0 fully saturated rings. The highest BCUT2D eigenvalue weighted by Crippen LogP contribution is 2.14. The molecule has 2 rings (SSSR count). The van der Waals surface area contributed by atoms with Crippen molar-refractivity contribution in [3.05, 3.63) is 57.5 Å². The first kappa shape index (κ1) is 14.7. The summed E-state index contributed by atoms with van der Waals surface area (Å²) in [5, 5.41) is 11.0. The molecule has 1 N–H and O–H groups in total. The van der Waals surface area contributed by atoms with Crippen molar-refractivity contribution in [1.82, 2.24) is 4.90 Å². The molecule has 0 unspecified atom stereocenters. The second-order valence-electron chi connectivity index (χ2n) is 4.68. The molecule has 0 amide bonds. The van der Waals surface area contributed by atoms with Crippen molar-refractivity contribution in [3.8, 4) is 0 Å².